The van der Waals surface area contributed by atoms with Crippen molar-refractivity contribution in [1.82, 2.24) is 0 Å². The fourth-order valence-corrected chi connectivity index (χ4v) is 1.05. The van der Waals surface area contributed by atoms with Gasteiger partial charge in [-0.25, -0.2) is 0 Å². The van der Waals surface area contributed by atoms with Gasteiger partial charge in [-0.15, -0.1) is 0 Å². The Balaban J connectivity index is 3.05. The Morgan fingerprint density at radius 1 is 1.45 bits per heavy atom. The van der Waals surface area contributed by atoms with Gasteiger partial charge < -0.3 is 5.73 Å². The van der Waals surface area contributed by atoms with E-state index in [1.807, 2.05) is 6.07 Å². The number of nitriles is 1. The van der Waals surface area contributed by atoms with Crippen LogP contribution in [0.5, 0.6) is 0 Å². The number of benzene rings is 1. The molecule has 0 bridgehead atoms. The van der Waals surface area contributed by atoms with Crippen LogP contribution in [0.15, 0.2) is 24.3 Å². The third-order valence-electron chi connectivity index (χ3n) is 1.38. The molecule has 0 saturated carbocycles. The van der Waals surface area contributed by atoms with Crippen molar-refractivity contribution in [3.8, 4) is 6.07 Å². The molecule has 0 heterocycles. The van der Waals surface area contributed by atoms with Crippen molar-refractivity contribution in [2.45, 2.75) is 6.04 Å². The van der Waals surface area contributed by atoms with Crippen LogP contribution in [0.4, 0.5) is 0 Å². The summed E-state index contributed by atoms with van der Waals surface area (Å²) in [6.45, 7) is 0. The van der Waals surface area contributed by atoms with Gasteiger partial charge in [-0.05, 0) is 6.07 Å². The summed E-state index contributed by atoms with van der Waals surface area (Å²) < 4.78 is 0. The first-order valence-corrected chi connectivity index (χ1v) is 3.53. The van der Waals surface area contributed by atoms with Crippen LogP contribution in [0.1, 0.15) is 11.6 Å². The van der Waals surface area contributed by atoms with Crippen LogP contribution in [0.3, 0.4) is 0 Å². The normalized spacial score (nSPS) is 12.1. The summed E-state index contributed by atoms with van der Waals surface area (Å²) in [6, 6.07) is 8.36. The minimum atomic E-state index is -0.622. The molecule has 1 rings (SSSR count). The molecular weight excluding hydrogens is 160 g/mol. The monoisotopic (exact) mass is 166 g/mol. The Hall–Kier alpha value is -1.04. The number of nitrogens with two attached hydrogens (primary N) is 1. The first-order valence-electron chi connectivity index (χ1n) is 3.15. The van der Waals surface area contributed by atoms with Gasteiger partial charge in [-0.3, -0.25) is 0 Å². The molecule has 0 fully saturated rings. The van der Waals surface area contributed by atoms with E-state index < -0.39 is 6.04 Å². The number of rotatable bonds is 1. The van der Waals surface area contributed by atoms with Gasteiger partial charge in [0.15, 0.2) is 0 Å². The van der Waals surface area contributed by atoms with Crippen LogP contribution in [0.2, 0.25) is 5.02 Å². The standard InChI is InChI=1S/C8H7ClN2/c9-7-4-2-1-3-6(7)8(11)5-10/h1-4,8H,11H2/t8-/m1/s1. The Kier molecular flexibility index (Phi) is 2.48. The van der Waals surface area contributed by atoms with Gasteiger partial charge in [0, 0.05) is 10.6 Å². The Morgan fingerprint density at radius 2 is 2.09 bits per heavy atom. The van der Waals surface area contributed by atoms with E-state index in [-0.39, 0.29) is 0 Å². The zero-order valence-electron chi connectivity index (χ0n) is 5.79. The van der Waals surface area contributed by atoms with Crippen LogP contribution in [-0.2, 0) is 0 Å². The molecule has 0 aromatic heterocycles. The van der Waals surface area contributed by atoms with Gasteiger partial charge in [-0.2, -0.15) is 5.26 Å². The lowest BCUT2D eigenvalue weighted by molar-refractivity contribution is 0.926. The minimum absolute atomic E-state index is 0.543. The SMILES string of the molecule is N#C[C@@H](N)c1ccccc1Cl. The average molecular weight is 167 g/mol. The fourth-order valence-electron chi connectivity index (χ4n) is 0.797. The summed E-state index contributed by atoms with van der Waals surface area (Å²) in [4.78, 5) is 0. The van der Waals surface area contributed by atoms with Crippen molar-refractivity contribution in [2.24, 2.45) is 5.73 Å². The summed E-state index contributed by atoms with van der Waals surface area (Å²) >= 11 is 5.77. The zero-order chi connectivity index (χ0) is 8.27. The lowest BCUT2D eigenvalue weighted by atomic mass is 10.1. The second-order valence-electron chi connectivity index (χ2n) is 2.13. The summed E-state index contributed by atoms with van der Waals surface area (Å²) in [7, 11) is 0. The molecule has 2 nitrogen and oxygen atoms in total. The number of halogens is 1. The summed E-state index contributed by atoms with van der Waals surface area (Å²) in [6.07, 6.45) is 0. The minimum Gasteiger partial charge on any atom is -0.312 e. The van der Waals surface area contributed by atoms with Gasteiger partial charge in [-0.1, -0.05) is 29.8 Å². The third kappa shape index (κ3) is 1.70. The van der Waals surface area contributed by atoms with Crippen LogP contribution >= 0.6 is 11.6 Å². The Bertz CT molecular complexity index is 290. The van der Waals surface area contributed by atoms with Crippen LogP contribution in [0, 0.1) is 11.3 Å². The Morgan fingerprint density at radius 3 is 2.64 bits per heavy atom. The zero-order valence-corrected chi connectivity index (χ0v) is 6.55. The molecule has 2 N–H and O–H groups in total. The molecule has 0 aliphatic rings. The lowest BCUT2D eigenvalue weighted by Crippen LogP contribution is -2.07. The predicted octanol–water partition coefficient (Wildman–Crippen LogP) is 1.86. The van der Waals surface area contributed by atoms with Gasteiger partial charge in [0.2, 0.25) is 0 Å². The van der Waals surface area contributed by atoms with Gasteiger partial charge in [0.05, 0.1) is 6.07 Å². The highest BCUT2D eigenvalue weighted by Crippen LogP contribution is 2.19. The molecule has 0 unspecified atom stereocenters. The molecule has 11 heavy (non-hydrogen) atoms. The summed E-state index contributed by atoms with van der Waals surface area (Å²) in [5.74, 6) is 0. The Labute approximate surface area is 70.2 Å². The quantitative estimate of drug-likeness (QED) is 0.693. The summed E-state index contributed by atoms with van der Waals surface area (Å²) in [5.41, 5.74) is 6.13. The van der Waals surface area contributed by atoms with E-state index in [4.69, 9.17) is 22.6 Å². The summed E-state index contributed by atoms with van der Waals surface area (Å²) in [5, 5.41) is 9.02. The van der Waals surface area contributed by atoms with E-state index in [1.54, 1.807) is 24.3 Å². The second-order valence-corrected chi connectivity index (χ2v) is 2.54. The van der Waals surface area contributed by atoms with Crippen molar-refractivity contribution in [3.63, 3.8) is 0 Å². The maximum absolute atomic E-state index is 8.48. The molecule has 1 atom stereocenters. The fraction of sp³-hybridized carbons (Fsp3) is 0.125. The second kappa shape index (κ2) is 3.38. The van der Waals surface area contributed by atoms with Gasteiger partial charge in [0.25, 0.3) is 0 Å². The van der Waals surface area contributed by atoms with Crippen LogP contribution in [-0.4, -0.2) is 0 Å². The van der Waals surface area contributed by atoms with Crippen LogP contribution < -0.4 is 5.73 Å². The molecule has 0 spiro atoms. The van der Waals surface area contributed by atoms with E-state index in [0.29, 0.717) is 10.6 Å². The number of hydrogen-bond acceptors (Lipinski definition) is 2. The van der Waals surface area contributed by atoms with E-state index >= 15 is 0 Å². The largest absolute Gasteiger partial charge is 0.312 e. The van der Waals surface area contributed by atoms with Gasteiger partial charge in [0.1, 0.15) is 6.04 Å². The average Bonchev–Trinajstić information content (AvgIpc) is 2.04. The number of nitrogens with zero attached hydrogens (tertiary/aromatic N) is 1. The highest BCUT2D eigenvalue weighted by atomic mass is 35.5. The molecule has 0 aliphatic heterocycles. The highest BCUT2D eigenvalue weighted by molar-refractivity contribution is 6.31. The maximum Gasteiger partial charge on any atom is 0.120 e. The van der Waals surface area contributed by atoms with E-state index in [1.165, 1.54) is 0 Å². The molecule has 0 amide bonds. The predicted molar refractivity (Wildman–Crippen MR) is 44.0 cm³/mol. The topological polar surface area (TPSA) is 49.8 Å². The van der Waals surface area contributed by atoms with Crippen molar-refractivity contribution in [1.29, 1.82) is 5.26 Å². The molecule has 1 aromatic rings. The molecular formula is C8H7ClN2. The molecule has 56 valence electrons. The number of hydrogen-bond donors (Lipinski definition) is 1. The first kappa shape index (κ1) is 8.06. The molecule has 0 aliphatic carbocycles. The molecule has 0 saturated heterocycles. The van der Waals surface area contributed by atoms with E-state index in [9.17, 15) is 0 Å². The van der Waals surface area contributed by atoms with Crippen molar-refractivity contribution in [2.75, 3.05) is 0 Å². The third-order valence-corrected chi connectivity index (χ3v) is 1.72. The molecule has 0 radical (unpaired) electrons. The van der Waals surface area contributed by atoms with Crippen molar-refractivity contribution >= 4 is 11.6 Å². The molecule has 3 heteroatoms. The van der Waals surface area contributed by atoms with Crippen molar-refractivity contribution < 1.29 is 0 Å². The van der Waals surface area contributed by atoms with Crippen molar-refractivity contribution in [3.05, 3.63) is 34.9 Å². The highest BCUT2D eigenvalue weighted by Gasteiger charge is 2.06. The maximum atomic E-state index is 8.48. The smallest absolute Gasteiger partial charge is 0.120 e. The first-order chi connectivity index (χ1) is 5.25. The lowest BCUT2D eigenvalue weighted by Gasteiger charge is -2.03. The molecule has 1 aromatic carbocycles. The van der Waals surface area contributed by atoms with Gasteiger partial charge >= 0.3 is 0 Å². The van der Waals surface area contributed by atoms with E-state index in [0.717, 1.165) is 0 Å². The van der Waals surface area contributed by atoms with Crippen LogP contribution in [0.25, 0.3) is 0 Å². The van der Waals surface area contributed by atoms with E-state index in [2.05, 4.69) is 0 Å².